The lowest BCUT2D eigenvalue weighted by atomic mass is 10.1. The predicted molar refractivity (Wildman–Crippen MR) is 69.9 cm³/mol. The van der Waals surface area contributed by atoms with Gasteiger partial charge in [-0.2, -0.15) is 5.10 Å². The summed E-state index contributed by atoms with van der Waals surface area (Å²) in [5.41, 5.74) is 2.96. The van der Waals surface area contributed by atoms with E-state index in [0.29, 0.717) is 5.82 Å². The zero-order valence-electron chi connectivity index (χ0n) is 9.83. The highest BCUT2D eigenvalue weighted by molar-refractivity contribution is 5.89. The van der Waals surface area contributed by atoms with Gasteiger partial charge in [0.1, 0.15) is 0 Å². The standard InChI is InChI=1S/C14H10N4/c1-10-4-6-12-11(5-7-13(15-2)17-12)14(10)18-9-3-8-16-18/h3-9H,1H3. The van der Waals surface area contributed by atoms with Crippen LogP contribution in [-0.4, -0.2) is 14.8 Å². The van der Waals surface area contributed by atoms with Gasteiger partial charge in [0.25, 0.3) is 5.82 Å². The summed E-state index contributed by atoms with van der Waals surface area (Å²) in [7, 11) is 0. The third-order valence-corrected chi connectivity index (χ3v) is 2.88. The molecule has 0 radical (unpaired) electrons. The number of aromatic nitrogens is 3. The molecule has 2 heterocycles. The van der Waals surface area contributed by atoms with Gasteiger partial charge in [-0.3, -0.25) is 0 Å². The van der Waals surface area contributed by atoms with Crippen LogP contribution < -0.4 is 0 Å². The molecule has 0 N–H and O–H groups in total. The van der Waals surface area contributed by atoms with Crippen LogP contribution in [0.3, 0.4) is 0 Å². The van der Waals surface area contributed by atoms with E-state index in [2.05, 4.69) is 14.9 Å². The van der Waals surface area contributed by atoms with Crippen molar-refractivity contribution in [1.29, 1.82) is 0 Å². The molecule has 0 spiro atoms. The van der Waals surface area contributed by atoms with E-state index in [0.717, 1.165) is 22.2 Å². The Labute approximate surface area is 104 Å². The number of benzene rings is 1. The highest BCUT2D eigenvalue weighted by atomic mass is 15.3. The highest BCUT2D eigenvalue weighted by Gasteiger charge is 2.10. The molecule has 0 aliphatic heterocycles. The second-order valence-electron chi connectivity index (χ2n) is 4.03. The van der Waals surface area contributed by atoms with Crippen molar-refractivity contribution < 1.29 is 0 Å². The van der Waals surface area contributed by atoms with Crippen molar-refractivity contribution in [3.05, 3.63) is 59.7 Å². The molecule has 86 valence electrons. The Morgan fingerprint density at radius 3 is 2.83 bits per heavy atom. The number of nitrogens with zero attached hydrogens (tertiary/aromatic N) is 4. The normalized spacial score (nSPS) is 10.4. The van der Waals surface area contributed by atoms with Gasteiger partial charge in [-0.15, -0.1) is 4.98 Å². The lowest BCUT2D eigenvalue weighted by Crippen LogP contribution is -1.99. The molecule has 0 saturated heterocycles. The molecule has 0 bridgehead atoms. The van der Waals surface area contributed by atoms with E-state index < -0.39 is 0 Å². The quantitative estimate of drug-likeness (QED) is 0.606. The molecule has 3 aromatic rings. The van der Waals surface area contributed by atoms with Gasteiger partial charge in [0.05, 0.1) is 5.69 Å². The Morgan fingerprint density at radius 1 is 1.22 bits per heavy atom. The van der Waals surface area contributed by atoms with Crippen molar-refractivity contribution in [3.8, 4) is 5.69 Å². The first-order valence-corrected chi connectivity index (χ1v) is 5.57. The van der Waals surface area contributed by atoms with Crippen LogP contribution in [0, 0.1) is 13.5 Å². The van der Waals surface area contributed by atoms with Crippen LogP contribution in [0.4, 0.5) is 5.82 Å². The molecule has 0 unspecified atom stereocenters. The SMILES string of the molecule is [C-]#[N+]c1ccc2c(-n3cccn3)c(C)ccc2n1. The van der Waals surface area contributed by atoms with Gasteiger partial charge < -0.3 is 4.85 Å². The van der Waals surface area contributed by atoms with Crippen molar-refractivity contribution in [2.24, 2.45) is 0 Å². The number of hydrogen-bond acceptors (Lipinski definition) is 2. The molecular formula is C14H10N4. The van der Waals surface area contributed by atoms with E-state index in [1.807, 2.05) is 42.1 Å². The summed E-state index contributed by atoms with van der Waals surface area (Å²) >= 11 is 0. The summed E-state index contributed by atoms with van der Waals surface area (Å²) in [5, 5.41) is 5.27. The molecule has 0 saturated carbocycles. The minimum atomic E-state index is 0.415. The van der Waals surface area contributed by atoms with Crippen LogP contribution >= 0.6 is 0 Å². The van der Waals surface area contributed by atoms with Crippen LogP contribution in [0.2, 0.25) is 0 Å². The van der Waals surface area contributed by atoms with Crippen molar-refractivity contribution in [3.63, 3.8) is 0 Å². The zero-order valence-corrected chi connectivity index (χ0v) is 9.83. The molecule has 3 rings (SSSR count). The van der Waals surface area contributed by atoms with Crippen LogP contribution in [0.5, 0.6) is 0 Å². The summed E-state index contributed by atoms with van der Waals surface area (Å²) in [6.07, 6.45) is 3.66. The summed E-state index contributed by atoms with van der Waals surface area (Å²) in [6, 6.07) is 9.49. The summed E-state index contributed by atoms with van der Waals surface area (Å²) in [4.78, 5) is 7.66. The second kappa shape index (κ2) is 3.97. The van der Waals surface area contributed by atoms with E-state index in [9.17, 15) is 0 Å². The number of pyridine rings is 1. The lowest BCUT2D eigenvalue weighted by Gasteiger charge is -2.08. The molecule has 4 nitrogen and oxygen atoms in total. The van der Waals surface area contributed by atoms with Crippen LogP contribution in [-0.2, 0) is 0 Å². The van der Waals surface area contributed by atoms with Gasteiger partial charge in [0.2, 0.25) is 0 Å². The Bertz CT molecular complexity index is 751. The predicted octanol–water partition coefficient (Wildman–Crippen LogP) is 3.28. The molecule has 0 aliphatic carbocycles. The minimum absolute atomic E-state index is 0.415. The fourth-order valence-electron chi connectivity index (χ4n) is 2.05. The molecule has 18 heavy (non-hydrogen) atoms. The van der Waals surface area contributed by atoms with Gasteiger partial charge in [0.15, 0.2) is 5.52 Å². The van der Waals surface area contributed by atoms with Crippen molar-refractivity contribution in [1.82, 2.24) is 14.8 Å². The number of fused-ring (bicyclic) bond motifs is 1. The zero-order chi connectivity index (χ0) is 12.5. The number of aryl methyl sites for hydroxylation is 1. The molecule has 1 aromatic carbocycles. The van der Waals surface area contributed by atoms with Gasteiger partial charge in [-0.25, -0.2) is 4.68 Å². The van der Waals surface area contributed by atoms with E-state index >= 15 is 0 Å². The lowest BCUT2D eigenvalue weighted by molar-refractivity contribution is 0.880. The molecule has 0 amide bonds. The van der Waals surface area contributed by atoms with E-state index in [-0.39, 0.29) is 0 Å². The number of rotatable bonds is 1. The van der Waals surface area contributed by atoms with Gasteiger partial charge in [-0.05, 0) is 30.7 Å². The molecule has 4 heteroatoms. The van der Waals surface area contributed by atoms with Crippen molar-refractivity contribution in [2.45, 2.75) is 6.92 Å². The second-order valence-corrected chi connectivity index (χ2v) is 4.03. The van der Waals surface area contributed by atoms with E-state index in [4.69, 9.17) is 6.57 Å². The summed E-state index contributed by atoms with van der Waals surface area (Å²) in [5.74, 6) is 0.415. The molecule has 2 aromatic heterocycles. The molecule has 0 fully saturated rings. The van der Waals surface area contributed by atoms with Crippen LogP contribution in [0.25, 0.3) is 21.4 Å². The summed E-state index contributed by atoms with van der Waals surface area (Å²) < 4.78 is 1.83. The fourth-order valence-corrected chi connectivity index (χ4v) is 2.05. The van der Waals surface area contributed by atoms with E-state index in [1.165, 1.54) is 0 Å². The Balaban J connectivity index is 2.37. The van der Waals surface area contributed by atoms with Crippen molar-refractivity contribution in [2.75, 3.05) is 0 Å². The molecule has 0 aliphatic rings. The average molecular weight is 234 g/mol. The average Bonchev–Trinajstić information content (AvgIpc) is 2.91. The van der Waals surface area contributed by atoms with Gasteiger partial charge >= 0.3 is 0 Å². The smallest absolute Gasteiger partial charge is 0.270 e. The summed E-state index contributed by atoms with van der Waals surface area (Å²) in [6.45, 7) is 9.04. The third-order valence-electron chi connectivity index (χ3n) is 2.88. The first kappa shape index (κ1) is 10.5. The topological polar surface area (TPSA) is 35.1 Å². The monoisotopic (exact) mass is 234 g/mol. The Hall–Kier alpha value is -2.67. The number of hydrogen-bond donors (Lipinski definition) is 0. The Kier molecular flexibility index (Phi) is 2.31. The first-order valence-electron chi connectivity index (χ1n) is 5.57. The highest BCUT2D eigenvalue weighted by Crippen LogP contribution is 2.26. The van der Waals surface area contributed by atoms with E-state index in [1.54, 1.807) is 12.3 Å². The molecule has 0 atom stereocenters. The largest absolute Gasteiger partial charge is 0.361 e. The van der Waals surface area contributed by atoms with Gasteiger partial charge in [0, 0.05) is 17.8 Å². The van der Waals surface area contributed by atoms with Crippen LogP contribution in [0.15, 0.2) is 42.7 Å². The van der Waals surface area contributed by atoms with Gasteiger partial charge in [-0.1, -0.05) is 18.7 Å². The first-order chi connectivity index (χ1) is 8.79. The maximum absolute atomic E-state index is 7.00. The Morgan fingerprint density at radius 2 is 2.11 bits per heavy atom. The van der Waals surface area contributed by atoms with Crippen LogP contribution in [0.1, 0.15) is 5.56 Å². The molecular weight excluding hydrogens is 224 g/mol. The maximum atomic E-state index is 7.00. The third kappa shape index (κ3) is 1.54. The fraction of sp³-hybridized carbons (Fsp3) is 0.0714. The minimum Gasteiger partial charge on any atom is -0.361 e. The maximum Gasteiger partial charge on any atom is 0.270 e. The van der Waals surface area contributed by atoms with Crippen molar-refractivity contribution >= 4 is 16.7 Å².